The number of nitrogens with zero attached hydrogens (tertiary/aromatic N) is 4. The van der Waals surface area contributed by atoms with Gasteiger partial charge < -0.3 is 9.64 Å². The summed E-state index contributed by atoms with van der Waals surface area (Å²) in [4.78, 5) is 17.2. The number of H-pyrrole nitrogens is 1. The fourth-order valence-corrected chi connectivity index (χ4v) is 4.26. The van der Waals surface area contributed by atoms with Crippen molar-refractivity contribution in [1.82, 2.24) is 24.6 Å². The van der Waals surface area contributed by atoms with Gasteiger partial charge in [-0.25, -0.2) is 0 Å². The highest BCUT2D eigenvalue weighted by molar-refractivity contribution is 7.71. The standard InChI is InChI=1S/C24H29N5O2S/c1-18-4-3-5-20(16-18)23-25-26-24(32)29(23)11-10-22(30)28-14-12-27(13-15-28)17-19-6-8-21(31-2)9-7-19/h3-9,16H,10-15,17H2,1-2H3,(H,26,32). The number of nitrogens with one attached hydrogen (secondary N) is 1. The minimum absolute atomic E-state index is 0.160. The molecule has 7 nitrogen and oxygen atoms in total. The lowest BCUT2D eigenvalue weighted by Crippen LogP contribution is -2.48. The van der Waals surface area contributed by atoms with Crippen LogP contribution in [0.1, 0.15) is 17.5 Å². The minimum atomic E-state index is 0.160. The number of aromatic nitrogens is 3. The number of rotatable bonds is 7. The lowest BCUT2D eigenvalue weighted by molar-refractivity contribution is -0.133. The zero-order chi connectivity index (χ0) is 22.5. The summed E-state index contributed by atoms with van der Waals surface area (Å²) in [5.41, 5.74) is 3.41. The SMILES string of the molecule is COc1ccc(CN2CCN(C(=O)CCn3c(-c4cccc(C)c4)n[nH]c3=S)CC2)cc1. The normalized spacial score (nSPS) is 14.5. The summed E-state index contributed by atoms with van der Waals surface area (Å²) in [6, 6.07) is 16.3. The van der Waals surface area contributed by atoms with Gasteiger partial charge in [-0.3, -0.25) is 19.4 Å². The van der Waals surface area contributed by atoms with Crippen LogP contribution in [-0.4, -0.2) is 63.8 Å². The van der Waals surface area contributed by atoms with Gasteiger partial charge in [-0.1, -0.05) is 35.9 Å². The molecular weight excluding hydrogens is 422 g/mol. The maximum absolute atomic E-state index is 12.9. The predicted molar refractivity (Wildman–Crippen MR) is 127 cm³/mol. The van der Waals surface area contributed by atoms with Gasteiger partial charge in [-0.05, 0) is 42.9 Å². The highest BCUT2D eigenvalue weighted by atomic mass is 32.1. The smallest absolute Gasteiger partial charge is 0.224 e. The molecule has 32 heavy (non-hydrogen) atoms. The van der Waals surface area contributed by atoms with Crippen molar-refractivity contribution in [3.63, 3.8) is 0 Å². The molecule has 0 spiro atoms. The Balaban J connectivity index is 1.30. The molecule has 1 saturated heterocycles. The van der Waals surface area contributed by atoms with E-state index in [-0.39, 0.29) is 5.91 Å². The summed E-state index contributed by atoms with van der Waals surface area (Å²) in [7, 11) is 1.68. The van der Waals surface area contributed by atoms with E-state index in [1.807, 2.05) is 46.7 Å². The number of hydrogen-bond donors (Lipinski definition) is 1. The number of carbonyl (C=O) groups excluding carboxylic acids is 1. The molecule has 0 bridgehead atoms. The summed E-state index contributed by atoms with van der Waals surface area (Å²) in [6.45, 7) is 6.69. The molecule has 1 aliphatic rings. The predicted octanol–water partition coefficient (Wildman–Crippen LogP) is 3.66. The molecule has 168 valence electrons. The van der Waals surface area contributed by atoms with E-state index < -0.39 is 0 Å². The van der Waals surface area contributed by atoms with Crippen LogP contribution in [0.2, 0.25) is 0 Å². The number of piperazine rings is 1. The van der Waals surface area contributed by atoms with Crippen LogP contribution in [0.4, 0.5) is 0 Å². The number of methoxy groups -OCH3 is 1. The van der Waals surface area contributed by atoms with Crippen LogP contribution in [-0.2, 0) is 17.9 Å². The molecule has 1 fully saturated rings. The Hall–Kier alpha value is -2.97. The van der Waals surface area contributed by atoms with Crippen molar-refractivity contribution >= 4 is 18.1 Å². The summed E-state index contributed by atoms with van der Waals surface area (Å²) in [5.74, 6) is 1.80. The maximum Gasteiger partial charge on any atom is 0.224 e. The van der Waals surface area contributed by atoms with Crippen LogP contribution in [0.3, 0.4) is 0 Å². The van der Waals surface area contributed by atoms with Gasteiger partial charge >= 0.3 is 0 Å². The minimum Gasteiger partial charge on any atom is -0.497 e. The number of amides is 1. The van der Waals surface area contributed by atoms with Crippen molar-refractivity contribution in [3.8, 4) is 17.1 Å². The van der Waals surface area contributed by atoms with Crippen LogP contribution < -0.4 is 4.74 Å². The quantitative estimate of drug-likeness (QED) is 0.556. The van der Waals surface area contributed by atoms with E-state index in [9.17, 15) is 4.79 Å². The zero-order valence-corrected chi connectivity index (χ0v) is 19.4. The molecule has 1 N–H and O–H groups in total. The largest absolute Gasteiger partial charge is 0.497 e. The third kappa shape index (κ3) is 5.26. The van der Waals surface area contributed by atoms with Gasteiger partial charge in [0, 0.05) is 51.3 Å². The van der Waals surface area contributed by atoms with Crippen molar-refractivity contribution in [2.75, 3.05) is 33.3 Å². The molecule has 0 saturated carbocycles. The number of aromatic amines is 1. The van der Waals surface area contributed by atoms with Crippen molar-refractivity contribution in [1.29, 1.82) is 0 Å². The van der Waals surface area contributed by atoms with Gasteiger partial charge in [-0.2, -0.15) is 5.10 Å². The Morgan fingerprint density at radius 1 is 1.12 bits per heavy atom. The van der Waals surface area contributed by atoms with Crippen molar-refractivity contribution < 1.29 is 9.53 Å². The van der Waals surface area contributed by atoms with Gasteiger partial charge in [0.2, 0.25) is 5.91 Å². The Kier molecular flexibility index (Phi) is 7.02. The molecule has 2 heterocycles. The average Bonchev–Trinajstić information content (AvgIpc) is 3.18. The Morgan fingerprint density at radius 3 is 2.56 bits per heavy atom. The molecule has 0 atom stereocenters. The highest BCUT2D eigenvalue weighted by Gasteiger charge is 2.21. The van der Waals surface area contributed by atoms with Gasteiger partial charge in [0.25, 0.3) is 0 Å². The van der Waals surface area contributed by atoms with E-state index in [1.165, 1.54) is 5.56 Å². The molecule has 0 aliphatic carbocycles. The lowest BCUT2D eigenvalue weighted by atomic mass is 10.1. The first-order valence-corrected chi connectivity index (χ1v) is 11.3. The van der Waals surface area contributed by atoms with E-state index in [1.54, 1.807) is 7.11 Å². The van der Waals surface area contributed by atoms with E-state index in [0.717, 1.165) is 55.4 Å². The Bertz CT molecular complexity index is 1110. The molecule has 1 aliphatic heterocycles. The number of benzene rings is 2. The first-order valence-electron chi connectivity index (χ1n) is 10.9. The first kappa shape index (κ1) is 22.2. The second kappa shape index (κ2) is 10.1. The monoisotopic (exact) mass is 451 g/mol. The van der Waals surface area contributed by atoms with Crippen molar-refractivity contribution in [3.05, 3.63) is 64.4 Å². The molecule has 1 aromatic heterocycles. The van der Waals surface area contributed by atoms with Crippen molar-refractivity contribution in [2.45, 2.75) is 26.4 Å². The first-order chi connectivity index (χ1) is 15.5. The number of ether oxygens (including phenoxy) is 1. The Morgan fingerprint density at radius 2 is 1.88 bits per heavy atom. The van der Waals surface area contributed by atoms with Crippen LogP contribution >= 0.6 is 12.2 Å². The lowest BCUT2D eigenvalue weighted by Gasteiger charge is -2.35. The van der Waals surface area contributed by atoms with Crippen LogP contribution in [0.5, 0.6) is 5.75 Å². The second-order valence-electron chi connectivity index (χ2n) is 8.13. The molecule has 0 unspecified atom stereocenters. The summed E-state index contributed by atoms with van der Waals surface area (Å²) in [5, 5.41) is 7.26. The van der Waals surface area contributed by atoms with Crippen LogP contribution in [0, 0.1) is 11.7 Å². The van der Waals surface area contributed by atoms with Crippen LogP contribution in [0.15, 0.2) is 48.5 Å². The molecule has 8 heteroatoms. The number of aryl methyl sites for hydroxylation is 1. The topological polar surface area (TPSA) is 66.4 Å². The molecular formula is C24H29N5O2S. The average molecular weight is 452 g/mol. The molecule has 2 aromatic carbocycles. The van der Waals surface area contributed by atoms with Gasteiger partial charge in [0.05, 0.1) is 7.11 Å². The van der Waals surface area contributed by atoms with Gasteiger partial charge in [0.15, 0.2) is 10.6 Å². The molecule has 4 rings (SSSR count). The maximum atomic E-state index is 12.9. The fourth-order valence-electron chi connectivity index (χ4n) is 4.04. The highest BCUT2D eigenvalue weighted by Crippen LogP contribution is 2.19. The molecule has 1 amide bonds. The fraction of sp³-hybridized carbons (Fsp3) is 0.375. The summed E-state index contributed by atoms with van der Waals surface area (Å²) < 4.78 is 7.68. The van der Waals surface area contributed by atoms with Gasteiger partial charge in [0.1, 0.15) is 5.75 Å². The second-order valence-corrected chi connectivity index (χ2v) is 8.52. The number of hydrogen-bond acceptors (Lipinski definition) is 5. The Labute approximate surface area is 193 Å². The molecule has 3 aromatic rings. The van der Waals surface area contributed by atoms with E-state index in [0.29, 0.717) is 17.7 Å². The van der Waals surface area contributed by atoms with E-state index in [2.05, 4.69) is 33.3 Å². The van der Waals surface area contributed by atoms with Crippen LogP contribution in [0.25, 0.3) is 11.4 Å². The van der Waals surface area contributed by atoms with E-state index in [4.69, 9.17) is 17.0 Å². The number of carbonyl (C=O) groups is 1. The van der Waals surface area contributed by atoms with Crippen molar-refractivity contribution in [2.24, 2.45) is 0 Å². The summed E-state index contributed by atoms with van der Waals surface area (Å²) >= 11 is 5.41. The van der Waals surface area contributed by atoms with Gasteiger partial charge in [-0.15, -0.1) is 0 Å². The third-order valence-corrected chi connectivity index (χ3v) is 6.19. The molecule has 0 radical (unpaired) electrons. The zero-order valence-electron chi connectivity index (χ0n) is 18.6. The van der Waals surface area contributed by atoms with E-state index >= 15 is 0 Å². The third-order valence-electron chi connectivity index (χ3n) is 5.87. The summed E-state index contributed by atoms with van der Waals surface area (Å²) in [6.07, 6.45) is 0.408.